The molecule has 8 nitrogen and oxygen atoms in total. The van der Waals surface area contributed by atoms with E-state index in [0.717, 1.165) is 16.6 Å². The Morgan fingerprint density at radius 3 is 2.23 bits per heavy atom. The lowest BCUT2D eigenvalue weighted by Crippen LogP contribution is -2.27. The lowest BCUT2D eigenvalue weighted by Gasteiger charge is -2.10. The van der Waals surface area contributed by atoms with E-state index in [9.17, 15) is 8.42 Å². The first-order valence-electron chi connectivity index (χ1n) is 10.5. The number of ether oxygens (including phenoxy) is 1. The molecule has 1 saturated carbocycles. The van der Waals surface area contributed by atoms with E-state index >= 15 is 0 Å². The molecule has 11 heteroatoms. The molecule has 3 aromatic carbocycles. The van der Waals surface area contributed by atoms with Crippen LogP contribution in [-0.2, 0) is 16.6 Å². The average molecular weight is 539 g/mol. The second-order valence-electron chi connectivity index (χ2n) is 7.86. The van der Waals surface area contributed by atoms with Gasteiger partial charge in [0.1, 0.15) is 12.4 Å². The van der Waals surface area contributed by atoms with Gasteiger partial charge in [0, 0.05) is 27.6 Å². The predicted octanol–water partition coefficient (Wildman–Crippen LogP) is 5.30. The Balaban J connectivity index is 0.000000623. The molecule has 1 amide bonds. The fourth-order valence-corrected chi connectivity index (χ4v) is 5.40. The summed E-state index contributed by atoms with van der Waals surface area (Å²) in [5.41, 5.74) is 2.90. The zero-order valence-corrected chi connectivity index (χ0v) is 20.9. The van der Waals surface area contributed by atoms with Gasteiger partial charge in [0.2, 0.25) is 10.0 Å². The first-order chi connectivity index (χ1) is 16.6. The molecule has 3 aromatic rings. The maximum atomic E-state index is 12.8. The number of sulfonamides is 1. The van der Waals surface area contributed by atoms with E-state index in [0.29, 0.717) is 15.8 Å². The first-order valence-corrected chi connectivity index (χ1v) is 12.7. The molecule has 0 unspecified atom stereocenters. The highest BCUT2D eigenvalue weighted by molar-refractivity contribution is 7.89. The van der Waals surface area contributed by atoms with Crippen molar-refractivity contribution in [3.63, 3.8) is 0 Å². The topological polar surface area (TPSA) is 125 Å². The van der Waals surface area contributed by atoms with Gasteiger partial charge in [-0.05, 0) is 47.9 Å². The summed E-state index contributed by atoms with van der Waals surface area (Å²) in [5.74, 6) is 1.02. The number of hydrogen-bond acceptors (Lipinski definition) is 5. The van der Waals surface area contributed by atoms with Crippen LogP contribution in [0, 0.1) is 5.92 Å². The Kier molecular flexibility index (Phi) is 8.98. The molecule has 1 fully saturated rings. The molecule has 0 bridgehead atoms. The molecular weight excluding hydrogens is 515 g/mol. The van der Waals surface area contributed by atoms with Crippen molar-refractivity contribution in [1.82, 2.24) is 10.2 Å². The van der Waals surface area contributed by atoms with Crippen LogP contribution in [0.1, 0.15) is 24.0 Å². The number of hydroxylamine groups is 1. The van der Waals surface area contributed by atoms with Gasteiger partial charge in [-0.1, -0.05) is 66.5 Å². The number of nitrogens with one attached hydrogen (secondary N) is 2. The van der Waals surface area contributed by atoms with Gasteiger partial charge in [-0.2, -0.15) is 0 Å². The molecule has 1 aliphatic rings. The number of carboxylic acid groups (broad SMARTS) is 1. The van der Waals surface area contributed by atoms with Gasteiger partial charge in [0.15, 0.2) is 0 Å². The highest BCUT2D eigenvalue weighted by atomic mass is 35.5. The van der Waals surface area contributed by atoms with Crippen molar-refractivity contribution in [3.05, 3.63) is 94.0 Å². The molecule has 0 heterocycles. The number of carbonyl (C=O) groups is 1. The Morgan fingerprint density at radius 2 is 1.66 bits per heavy atom. The van der Waals surface area contributed by atoms with Crippen LogP contribution in [0.2, 0.25) is 10.0 Å². The Labute approximate surface area is 213 Å². The minimum atomic E-state index is -3.61. The van der Waals surface area contributed by atoms with E-state index in [1.807, 2.05) is 30.3 Å². The number of hydrogen-bond donors (Lipinski definition) is 4. The van der Waals surface area contributed by atoms with Crippen LogP contribution in [0.3, 0.4) is 0 Å². The van der Waals surface area contributed by atoms with Crippen molar-refractivity contribution >= 4 is 39.3 Å². The van der Waals surface area contributed by atoms with Gasteiger partial charge in [-0.25, -0.2) is 23.4 Å². The third-order valence-corrected chi connectivity index (χ3v) is 7.56. The van der Waals surface area contributed by atoms with Crippen LogP contribution < -0.4 is 14.9 Å². The zero-order chi connectivity index (χ0) is 25.6. The van der Waals surface area contributed by atoms with Crippen LogP contribution >= 0.6 is 23.2 Å². The van der Waals surface area contributed by atoms with Crippen LogP contribution in [0.5, 0.6) is 5.75 Å². The average Bonchev–Trinajstić information content (AvgIpc) is 3.47. The number of rotatable bonds is 7. The van der Waals surface area contributed by atoms with Crippen LogP contribution in [0.4, 0.5) is 4.79 Å². The molecule has 0 aromatic heterocycles. The Hall–Kier alpha value is -2.82. The molecular formula is C24H24Cl2N2O6S. The molecule has 0 aliphatic heterocycles. The van der Waals surface area contributed by atoms with E-state index < -0.39 is 16.1 Å². The summed E-state index contributed by atoms with van der Waals surface area (Å²) in [6.45, 7) is 2.32. The van der Waals surface area contributed by atoms with Gasteiger partial charge in [-0.3, -0.25) is 5.21 Å². The quantitative estimate of drug-likeness (QED) is 0.239. The molecule has 186 valence electrons. The van der Waals surface area contributed by atoms with E-state index in [1.54, 1.807) is 42.5 Å². The summed E-state index contributed by atoms with van der Waals surface area (Å²) in [6.07, 6.45) is -1.44. The standard InChI is InChI=1S/C23H21Cl2NO3S.CH3NO3/c1-15-22(16-5-3-2-4-6-16)23(15)26-30(27,28)20-11-9-19(10-12-20)29-14-17-7-8-18(24)13-21(17)25;3-1(4)2-5/h2-13,15,22-23,26H,14H2,1H3;2,5H,(H,3,4)/t15-,22-,23+;/m1./s1. The number of amides is 1. The summed E-state index contributed by atoms with van der Waals surface area (Å²) >= 11 is 12.1. The van der Waals surface area contributed by atoms with Crippen molar-refractivity contribution < 1.29 is 28.3 Å². The molecule has 0 saturated heterocycles. The summed E-state index contributed by atoms with van der Waals surface area (Å²) in [7, 11) is -3.61. The first kappa shape index (κ1) is 26.8. The Bertz CT molecular complexity index is 1260. The third-order valence-electron chi connectivity index (χ3n) is 5.49. The van der Waals surface area contributed by atoms with Gasteiger partial charge in [-0.15, -0.1) is 0 Å². The van der Waals surface area contributed by atoms with Crippen LogP contribution in [0.25, 0.3) is 0 Å². The van der Waals surface area contributed by atoms with Gasteiger partial charge in [0.25, 0.3) is 0 Å². The van der Waals surface area contributed by atoms with E-state index in [-0.39, 0.29) is 29.4 Å². The van der Waals surface area contributed by atoms with Crippen molar-refractivity contribution in [2.45, 2.75) is 30.4 Å². The summed E-state index contributed by atoms with van der Waals surface area (Å²) < 4.78 is 34.1. The largest absolute Gasteiger partial charge is 0.489 e. The smallest absolute Gasteiger partial charge is 0.428 e. The molecule has 35 heavy (non-hydrogen) atoms. The van der Waals surface area contributed by atoms with Crippen molar-refractivity contribution in [2.24, 2.45) is 5.92 Å². The minimum absolute atomic E-state index is 0.0969. The zero-order valence-electron chi connectivity index (χ0n) is 18.6. The molecule has 0 radical (unpaired) electrons. The normalized spacial score (nSPS) is 18.7. The molecule has 1 aliphatic carbocycles. The van der Waals surface area contributed by atoms with E-state index in [2.05, 4.69) is 11.6 Å². The Morgan fingerprint density at radius 1 is 1.03 bits per heavy atom. The second-order valence-corrected chi connectivity index (χ2v) is 10.4. The maximum absolute atomic E-state index is 12.8. The lowest BCUT2D eigenvalue weighted by molar-refractivity contribution is 0.122. The molecule has 0 spiro atoms. The second kappa shape index (κ2) is 11.7. The summed E-state index contributed by atoms with van der Waals surface area (Å²) in [5, 5.41) is 15.7. The van der Waals surface area contributed by atoms with Crippen molar-refractivity contribution in [3.8, 4) is 5.75 Å². The monoisotopic (exact) mass is 538 g/mol. The molecule has 4 N–H and O–H groups in total. The highest BCUT2D eigenvalue weighted by Crippen LogP contribution is 2.47. The fourth-order valence-electron chi connectivity index (χ4n) is 3.59. The molecule has 4 rings (SSSR count). The minimum Gasteiger partial charge on any atom is -0.489 e. The predicted molar refractivity (Wildman–Crippen MR) is 133 cm³/mol. The number of benzene rings is 3. The third kappa shape index (κ3) is 7.33. The van der Waals surface area contributed by atoms with Crippen LogP contribution in [-0.4, -0.2) is 30.9 Å². The van der Waals surface area contributed by atoms with E-state index in [1.165, 1.54) is 0 Å². The summed E-state index contributed by atoms with van der Waals surface area (Å²) in [6, 6.07) is 21.5. The van der Waals surface area contributed by atoms with E-state index in [4.69, 9.17) is 43.0 Å². The SMILES string of the molecule is C[C@H]1[C@H](NS(=O)(=O)c2ccc(OCc3ccc(Cl)cc3Cl)cc2)[C@H]1c1ccccc1.O=C(O)NO. The van der Waals surface area contributed by atoms with Gasteiger partial charge < -0.3 is 9.84 Å². The fraction of sp³-hybridized carbons (Fsp3) is 0.208. The van der Waals surface area contributed by atoms with Crippen LogP contribution in [0.15, 0.2) is 77.7 Å². The van der Waals surface area contributed by atoms with Crippen molar-refractivity contribution in [1.29, 1.82) is 0 Å². The highest BCUT2D eigenvalue weighted by Gasteiger charge is 2.49. The summed E-state index contributed by atoms with van der Waals surface area (Å²) in [4.78, 5) is 9.22. The number of halogens is 2. The maximum Gasteiger partial charge on any atom is 0.428 e. The lowest BCUT2D eigenvalue weighted by atomic mass is 10.1. The van der Waals surface area contributed by atoms with Crippen molar-refractivity contribution in [2.75, 3.05) is 0 Å². The van der Waals surface area contributed by atoms with Gasteiger partial charge in [0.05, 0.1) is 4.90 Å². The molecule has 3 atom stereocenters. The van der Waals surface area contributed by atoms with Gasteiger partial charge >= 0.3 is 6.09 Å².